The molecule has 2 N–H and O–H groups in total. The number of urea groups is 1. The first-order chi connectivity index (χ1) is 9.08. The minimum Gasteiger partial charge on any atom is -0.310 e. The first-order valence-corrected chi connectivity index (χ1v) is 7.18. The Kier molecular flexibility index (Phi) is 4.50. The number of thioether (sulfide) groups is 1. The van der Waals surface area contributed by atoms with E-state index in [9.17, 15) is 9.59 Å². The Labute approximate surface area is 120 Å². The lowest BCUT2D eigenvalue weighted by molar-refractivity contribution is -0.106. The van der Waals surface area contributed by atoms with E-state index in [1.54, 1.807) is 12.1 Å². The molecule has 2 rings (SSSR count). The van der Waals surface area contributed by atoms with Crippen molar-refractivity contribution in [3.05, 3.63) is 40.6 Å². The van der Waals surface area contributed by atoms with Crippen molar-refractivity contribution in [2.45, 2.75) is 13.3 Å². The normalized spacial score (nSPS) is 14.2. The van der Waals surface area contributed by atoms with Gasteiger partial charge in [0.1, 0.15) is 0 Å². The predicted octanol–water partition coefficient (Wildman–Crippen LogP) is 3.18. The van der Waals surface area contributed by atoms with Gasteiger partial charge in [-0.25, -0.2) is 4.79 Å². The fraction of sp³-hybridized carbons (Fsp3) is 0.231. The van der Waals surface area contributed by atoms with Gasteiger partial charge in [0.15, 0.2) is 0 Å². The topological polar surface area (TPSA) is 58.2 Å². The summed E-state index contributed by atoms with van der Waals surface area (Å²) >= 11 is 7.24. The number of hydrogen-bond acceptors (Lipinski definition) is 3. The second-order valence-corrected chi connectivity index (χ2v) is 5.40. The van der Waals surface area contributed by atoms with Gasteiger partial charge in [0.2, 0.25) is 5.12 Å². The predicted molar refractivity (Wildman–Crippen MR) is 78.5 cm³/mol. The first kappa shape index (κ1) is 14.0. The lowest BCUT2D eigenvalue weighted by Gasteiger charge is -2.09. The molecule has 6 heteroatoms. The van der Waals surface area contributed by atoms with E-state index in [1.807, 2.05) is 13.0 Å². The Balaban J connectivity index is 1.97. The van der Waals surface area contributed by atoms with Crippen LogP contribution in [0.1, 0.15) is 12.5 Å². The zero-order chi connectivity index (χ0) is 13.8. The van der Waals surface area contributed by atoms with Crippen LogP contribution in [0.5, 0.6) is 0 Å². The van der Waals surface area contributed by atoms with Crippen LogP contribution in [0.25, 0.3) is 0 Å². The Hall–Kier alpha value is -1.46. The molecule has 0 fully saturated rings. The lowest BCUT2D eigenvalue weighted by atomic mass is 10.1. The standard InChI is InChI=1S/C13H13ClN2O2S/c1-2-8-3-4-9(5-11(8)14)15-13(18)16-10-6-12(17)19-7-10/h3-6H,2,7H2,1H3,(H2,15,16,18). The molecule has 100 valence electrons. The van der Waals surface area contributed by atoms with Crippen LogP contribution >= 0.6 is 23.4 Å². The van der Waals surface area contributed by atoms with E-state index in [4.69, 9.17) is 11.6 Å². The summed E-state index contributed by atoms with van der Waals surface area (Å²) < 4.78 is 0. The molecule has 0 saturated heterocycles. The molecule has 0 unspecified atom stereocenters. The molecule has 0 atom stereocenters. The highest BCUT2D eigenvalue weighted by molar-refractivity contribution is 8.14. The average molecular weight is 297 g/mol. The van der Waals surface area contributed by atoms with E-state index < -0.39 is 0 Å². The van der Waals surface area contributed by atoms with E-state index >= 15 is 0 Å². The van der Waals surface area contributed by atoms with Gasteiger partial charge in [0, 0.05) is 28.2 Å². The highest BCUT2D eigenvalue weighted by atomic mass is 35.5. The van der Waals surface area contributed by atoms with Crippen molar-refractivity contribution in [1.82, 2.24) is 5.32 Å². The van der Waals surface area contributed by atoms with Crippen molar-refractivity contribution >= 4 is 40.2 Å². The van der Waals surface area contributed by atoms with Crippen molar-refractivity contribution in [2.75, 3.05) is 11.1 Å². The van der Waals surface area contributed by atoms with Crippen LogP contribution in [0.4, 0.5) is 10.5 Å². The summed E-state index contributed by atoms with van der Waals surface area (Å²) in [5, 5.41) is 5.91. The van der Waals surface area contributed by atoms with E-state index in [1.165, 1.54) is 17.8 Å². The summed E-state index contributed by atoms with van der Waals surface area (Å²) in [6.07, 6.45) is 2.27. The fourth-order valence-electron chi connectivity index (χ4n) is 1.67. The van der Waals surface area contributed by atoms with Crippen LogP contribution in [0.3, 0.4) is 0 Å². The number of benzene rings is 1. The van der Waals surface area contributed by atoms with Gasteiger partial charge in [-0.15, -0.1) is 0 Å². The van der Waals surface area contributed by atoms with Crippen LogP contribution in [0.15, 0.2) is 30.0 Å². The smallest absolute Gasteiger partial charge is 0.310 e. The van der Waals surface area contributed by atoms with E-state index in [0.29, 0.717) is 22.2 Å². The van der Waals surface area contributed by atoms with Crippen molar-refractivity contribution in [3.8, 4) is 0 Å². The van der Waals surface area contributed by atoms with Crippen LogP contribution in [0.2, 0.25) is 5.02 Å². The number of aryl methyl sites for hydroxylation is 1. The number of hydrogen-bond donors (Lipinski definition) is 2. The third-order valence-electron chi connectivity index (χ3n) is 2.63. The Morgan fingerprint density at radius 3 is 2.79 bits per heavy atom. The van der Waals surface area contributed by atoms with Crippen LogP contribution in [-0.2, 0) is 11.2 Å². The molecular weight excluding hydrogens is 284 g/mol. The SMILES string of the molecule is CCc1ccc(NC(=O)NC2=CC(=O)SC2)cc1Cl. The number of carbonyl (C=O) groups is 2. The lowest BCUT2D eigenvalue weighted by Crippen LogP contribution is -2.28. The highest BCUT2D eigenvalue weighted by Gasteiger charge is 2.14. The molecule has 0 saturated carbocycles. The molecule has 1 aromatic carbocycles. The van der Waals surface area contributed by atoms with Gasteiger partial charge in [-0.05, 0) is 24.1 Å². The summed E-state index contributed by atoms with van der Waals surface area (Å²) in [4.78, 5) is 22.7. The zero-order valence-corrected chi connectivity index (χ0v) is 11.9. The first-order valence-electron chi connectivity index (χ1n) is 5.82. The van der Waals surface area contributed by atoms with Crippen molar-refractivity contribution in [3.63, 3.8) is 0 Å². The zero-order valence-electron chi connectivity index (χ0n) is 10.3. The molecule has 0 aliphatic carbocycles. The molecule has 1 aliphatic heterocycles. The minimum absolute atomic E-state index is 0.0364. The van der Waals surface area contributed by atoms with Gasteiger partial charge in [0.05, 0.1) is 0 Å². The molecule has 0 aromatic heterocycles. The second kappa shape index (κ2) is 6.12. The van der Waals surface area contributed by atoms with E-state index in [-0.39, 0.29) is 11.1 Å². The van der Waals surface area contributed by atoms with Crippen molar-refractivity contribution in [1.29, 1.82) is 0 Å². The number of anilines is 1. The number of halogens is 1. The summed E-state index contributed by atoms with van der Waals surface area (Å²) in [7, 11) is 0. The summed E-state index contributed by atoms with van der Waals surface area (Å²) in [5.41, 5.74) is 2.27. The van der Waals surface area contributed by atoms with E-state index in [2.05, 4.69) is 10.6 Å². The molecule has 19 heavy (non-hydrogen) atoms. The largest absolute Gasteiger partial charge is 0.323 e. The maximum absolute atomic E-state index is 11.7. The Morgan fingerprint density at radius 2 is 2.21 bits per heavy atom. The quantitative estimate of drug-likeness (QED) is 0.900. The summed E-state index contributed by atoms with van der Waals surface area (Å²) in [5.74, 6) is 0.502. The highest BCUT2D eigenvalue weighted by Crippen LogP contribution is 2.21. The maximum atomic E-state index is 11.7. The molecule has 0 radical (unpaired) electrons. The number of rotatable bonds is 3. The third kappa shape index (κ3) is 3.75. The van der Waals surface area contributed by atoms with Crippen LogP contribution < -0.4 is 10.6 Å². The average Bonchev–Trinajstić information content (AvgIpc) is 2.74. The summed E-state index contributed by atoms with van der Waals surface area (Å²) in [6.45, 7) is 2.02. The fourth-order valence-corrected chi connectivity index (χ4v) is 2.66. The van der Waals surface area contributed by atoms with E-state index in [0.717, 1.165) is 12.0 Å². The van der Waals surface area contributed by atoms with Crippen LogP contribution in [0, 0.1) is 0 Å². The number of nitrogens with one attached hydrogen (secondary N) is 2. The number of carbonyl (C=O) groups excluding carboxylic acids is 2. The van der Waals surface area contributed by atoms with Crippen molar-refractivity contribution in [2.24, 2.45) is 0 Å². The molecule has 4 nitrogen and oxygen atoms in total. The summed E-state index contributed by atoms with van der Waals surface area (Å²) in [6, 6.07) is 5.02. The third-order valence-corrected chi connectivity index (χ3v) is 3.84. The van der Waals surface area contributed by atoms with Gasteiger partial charge >= 0.3 is 6.03 Å². The molecule has 1 aromatic rings. The van der Waals surface area contributed by atoms with Crippen LogP contribution in [-0.4, -0.2) is 16.9 Å². The van der Waals surface area contributed by atoms with Gasteiger partial charge in [0.25, 0.3) is 0 Å². The molecular formula is C13H13ClN2O2S. The second-order valence-electron chi connectivity index (χ2n) is 4.02. The van der Waals surface area contributed by atoms with Crippen molar-refractivity contribution < 1.29 is 9.59 Å². The maximum Gasteiger partial charge on any atom is 0.323 e. The van der Waals surface area contributed by atoms with Gasteiger partial charge in [-0.3, -0.25) is 4.79 Å². The Morgan fingerprint density at radius 1 is 1.42 bits per heavy atom. The monoisotopic (exact) mass is 296 g/mol. The molecule has 2 amide bonds. The Bertz CT molecular complexity index is 558. The molecule has 0 bridgehead atoms. The molecule has 1 heterocycles. The van der Waals surface area contributed by atoms with Gasteiger partial charge < -0.3 is 10.6 Å². The van der Waals surface area contributed by atoms with Gasteiger partial charge in [-0.2, -0.15) is 0 Å². The number of amides is 2. The molecule has 1 aliphatic rings. The minimum atomic E-state index is -0.373. The van der Waals surface area contributed by atoms with Gasteiger partial charge in [-0.1, -0.05) is 36.4 Å². The molecule has 0 spiro atoms.